The molecule has 0 N–H and O–H groups in total. The van der Waals surface area contributed by atoms with E-state index in [1.54, 1.807) is 0 Å². The van der Waals surface area contributed by atoms with Crippen molar-refractivity contribution in [3.63, 3.8) is 0 Å². The van der Waals surface area contributed by atoms with E-state index in [0.29, 0.717) is 29.3 Å². The quantitative estimate of drug-likeness (QED) is 0.179. The largest absolute Gasteiger partial charge is 0.490 e. The van der Waals surface area contributed by atoms with Crippen molar-refractivity contribution in [3.05, 3.63) is 187 Å². The van der Waals surface area contributed by atoms with Gasteiger partial charge >= 0.3 is 0 Å². The summed E-state index contributed by atoms with van der Waals surface area (Å²) >= 11 is 0. The van der Waals surface area contributed by atoms with Crippen molar-refractivity contribution in [3.8, 4) is 51.5 Å². The molecule has 9 aromatic carbocycles. The number of hydrogen-bond donors (Lipinski definition) is 0. The molecule has 286 valence electrons. The van der Waals surface area contributed by atoms with E-state index in [2.05, 4.69) is 193 Å². The first kappa shape index (κ1) is 34.9. The molecule has 0 aliphatic carbocycles. The van der Waals surface area contributed by atoms with Gasteiger partial charge in [-0.15, -0.1) is 0 Å². The van der Waals surface area contributed by atoms with Crippen molar-refractivity contribution in [2.75, 3.05) is 6.61 Å². The van der Waals surface area contributed by atoms with Gasteiger partial charge in [-0.2, -0.15) is 10.5 Å². The summed E-state index contributed by atoms with van der Waals surface area (Å²) in [6, 6.07) is 64.8. The van der Waals surface area contributed by atoms with E-state index >= 15 is 0 Å². The zero-order valence-electron chi connectivity index (χ0n) is 33.6. The van der Waals surface area contributed by atoms with Gasteiger partial charge in [0, 0.05) is 32.5 Å². The number of aromatic nitrogens is 2. The van der Waals surface area contributed by atoms with E-state index in [1.807, 2.05) is 12.1 Å². The molecule has 0 fully saturated rings. The molecule has 11 aromatic rings. The van der Waals surface area contributed by atoms with Gasteiger partial charge in [0.15, 0.2) is 5.75 Å². The van der Waals surface area contributed by atoms with E-state index in [4.69, 9.17) is 4.74 Å². The minimum atomic E-state index is -0.519. The highest BCUT2D eigenvalue weighted by molar-refractivity contribution is 6.23. The Morgan fingerprint density at radius 3 is 1.41 bits per heavy atom. The van der Waals surface area contributed by atoms with Gasteiger partial charge in [-0.05, 0) is 80.2 Å². The number of ether oxygens (including phenoxy) is 1. The Labute approximate surface area is 352 Å². The van der Waals surface area contributed by atoms with Crippen LogP contribution >= 0.6 is 0 Å². The van der Waals surface area contributed by atoms with Crippen LogP contribution in [0, 0.1) is 22.7 Å². The molecule has 5 nitrogen and oxygen atoms in total. The molecule has 5 heteroatoms. The van der Waals surface area contributed by atoms with Crippen molar-refractivity contribution in [2.45, 2.75) is 19.3 Å². The van der Waals surface area contributed by atoms with Crippen LogP contribution in [0.1, 0.15) is 30.5 Å². The number of hydrogen-bond acceptors (Lipinski definition) is 3. The highest BCUT2D eigenvalue weighted by Gasteiger charge is 2.42. The molecule has 3 heterocycles. The maximum atomic E-state index is 11.5. The predicted octanol–water partition coefficient (Wildman–Crippen LogP) is 13.9. The van der Waals surface area contributed by atoms with Gasteiger partial charge in [0.2, 0.25) is 0 Å². The average Bonchev–Trinajstić information content (AvgIpc) is 3.94. The summed E-state index contributed by atoms with van der Waals surface area (Å²) in [7, 11) is 0. The fourth-order valence-electron chi connectivity index (χ4n) is 10.1. The zero-order chi connectivity index (χ0) is 41.0. The summed E-state index contributed by atoms with van der Waals surface area (Å²) in [5.74, 6) is 0.631. The number of nitriles is 2. The molecule has 0 bridgehead atoms. The molecule has 61 heavy (non-hydrogen) atoms. The minimum Gasteiger partial charge on any atom is -0.490 e. The van der Waals surface area contributed by atoms with Crippen LogP contribution in [0.25, 0.3) is 98.8 Å². The molecule has 0 amide bonds. The molecule has 2 aromatic heterocycles. The Kier molecular flexibility index (Phi) is 7.40. The Hall–Kier alpha value is -8.12. The fourth-order valence-corrected chi connectivity index (χ4v) is 10.1. The maximum absolute atomic E-state index is 11.5. The van der Waals surface area contributed by atoms with Crippen LogP contribution < -0.4 is 4.74 Å². The van der Waals surface area contributed by atoms with Gasteiger partial charge in [-0.1, -0.05) is 147 Å². The standard InChI is InChI=1S/C56H36N4O/c1-56(2)33-61-55-52(56)53(59-46-25-23-38(34-13-5-3-6-14-34)29-42(46)50-40-19-11-9-17-36(40)21-27-48(50)59)44(31-57)45(32-58)54(55)60-47-26-24-39(35-15-7-4-8-16-35)30-43(47)51-41-20-12-10-18-37(41)22-28-49(51)60/h3-30H,33H2,1-2H3. The third-order valence-corrected chi connectivity index (χ3v) is 12.9. The van der Waals surface area contributed by atoms with E-state index < -0.39 is 5.41 Å². The lowest BCUT2D eigenvalue weighted by Crippen LogP contribution is -2.21. The number of nitrogens with zero attached hydrogens (tertiary/aromatic N) is 4. The third kappa shape index (κ3) is 4.93. The van der Waals surface area contributed by atoms with Crippen molar-refractivity contribution in [1.29, 1.82) is 10.5 Å². The topological polar surface area (TPSA) is 66.7 Å². The third-order valence-electron chi connectivity index (χ3n) is 12.9. The Morgan fingerprint density at radius 2 is 0.902 bits per heavy atom. The molecule has 1 aliphatic heterocycles. The van der Waals surface area contributed by atoms with E-state index in [9.17, 15) is 10.5 Å². The molecule has 1 aliphatic rings. The SMILES string of the molecule is CC1(C)COc2c(-n3c4ccc(-c5ccccc5)cc4c4c5ccccc5ccc43)c(C#N)c(C#N)c(-n3c4ccc(-c5ccccc5)cc4c4c5ccccc5ccc43)c21. The second kappa shape index (κ2) is 12.9. The van der Waals surface area contributed by atoms with Crippen molar-refractivity contribution >= 4 is 65.2 Å². The summed E-state index contributed by atoms with van der Waals surface area (Å²) in [5, 5.41) is 31.8. The van der Waals surface area contributed by atoms with Gasteiger partial charge in [-0.25, -0.2) is 0 Å². The number of fused-ring (bicyclic) bond motifs is 11. The number of rotatable bonds is 4. The van der Waals surface area contributed by atoms with Crippen LogP contribution in [-0.4, -0.2) is 15.7 Å². The zero-order valence-corrected chi connectivity index (χ0v) is 33.6. The van der Waals surface area contributed by atoms with Gasteiger partial charge in [0.1, 0.15) is 17.8 Å². The van der Waals surface area contributed by atoms with Gasteiger partial charge in [0.05, 0.1) is 45.5 Å². The van der Waals surface area contributed by atoms with E-state index in [-0.39, 0.29) is 5.56 Å². The lowest BCUT2D eigenvalue weighted by Gasteiger charge is -2.25. The Morgan fingerprint density at radius 1 is 0.459 bits per heavy atom. The van der Waals surface area contributed by atoms with Gasteiger partial charge in [0.25, 0.3) is 0 Å². The second-order valence-electron chi connectivity index (χ2n) is 16.8. The van der Waals surface area contributed by atoms with Gasteiger partial charge in [-0.3, -0.25) is 0 Å². The lowest BCUT2D eigenvalue weighted by atomic mass is 9.82. The highest BCUT2D eigenvalue weighted by Crippen LogP contribution is 2.53. The molecule has 0 saturated carbocycles. The van der Waals surface area contributed by atoms with Crippen LogP contribution in [0.2, 0.25) is 0 Å². The highest BCUT2D eigenvalue weighted by atomic mass is 16.5. The first-order chi connectivity index (χ1) is 29.9. The van der Waals surface area contributed by atoms with Crippen LogP contribution in [0.5, 0.6) is 5.75 Å². The van der Waals surface area contributed by atoms with Crippen LogP contribution in [0.15, 0.2) is 170 Å². The first-order valence-electron chi connectivity index (χ1n) is 20.7. The summed E-state index contributed by atoms with van der Waals surface area (Å²) in [6.07, 6.45) is 0. The number of benzene rings is 9. The molecule has 0 radical (unpaired) electrons. The lowest BCUT2D eigenvalue weighted by molar-refractivity contribution is 0.290. The second-order valence-corrected chi connectivity index (χ2v) is 16.8. The van der Waals surface area contributed by atoms with Crippen LogP contribution in [0.4, 0.5) is 0 Å². The smallest absolute Gasteiger partial charge is 0.150 e. The molecule has 0 unspecified atom stereocenters. The molecule has 0 saturated heterocycles. The molecular weight excluding hydrogens is 745 g/mol. The molecule has 0 spiro atoms. The monoisotopic (exact) mass is 780 g/mol. The van der Waals surface area contributed by atoms with Crippen molar-refractivity contribution < 1.29 is 4.74 Å². The predicted molar refractivity (Wildman–Crippen MR) is 249 cm³/mol. The van der Waals surface area contributed by atoms with E-state index in [0.717, 1.165) is 93.0 Å². The van der Waals surface area contributed by atoms with Crippen molar-refractivity contribution in [1.82, 2.24) is 9.13 Å². The Balaban J connectivity index is 1.23. The summed E-state index contributed by atoms with van der Waals surface area (Å²) in [4.78, 5) is 0. The van der Waals surface area contributed by atoms with E-state index in [1.165, 1.54) is 0 Å². The normalized spacial score (nSPS) is 13.2. The van der Waals surface area contributed by atoms with Gasteiger partial charge < -0.3 is 13.9 Å². The van der Waals surface area contributed by atoms with Crippen LogP contribution in [0.3, 0.4) is 0 Å². The maximum Gasteiger partial charge on any atom is 0.150 e. The van der Waals surface area contributed by atoms with Crippen LogP contribution in [-0.2, 0) is 5.41 Å². The summed E-state index contributed by atoms with van der Waals surface area (Å²) in [6.45, 7) is 4.75. The average molecular weight is 781 g/mol. The Bertz CT molecular complexity index is 3750. The molecule has 0 atom stereocenters. The fraction of sp³-hybridized carbons (Fsp3) is 0.0714. The first-order valence-corrected chi connectivity index (χ1v) is 20.7. The summed E-state index contributed by atoms with van der Waals surface area (Å²) < 4.78 is 11.3. The van der Waals surface area contributed by atoms with Crippen molar-refractivity contribution in [2.24, 2.45) is 0 Å². The minimum absolute atomic E-state index is 0.282. The molecular formula is C56H36N4O. The molecule has 12 rings (SSSR count). The summed E-state index contributed by atoms with van der Waals surface area (Å²) in [5.41, 5.74) is 10.6.